The van der Waals surface area contributed by atoms with Gasteiger partial charge in [-0.3, -0.25) is 4.79 Å². The van der Waals surface area contributed by atoms with Gasteiger partial charge >= 0.3 is 0 Å². The van der Waals surface area contributed by atoms with Crippen LogP contribution in [0.3, 0.4) is 0 Å². The first-order valence-electron chi connectivity index (χ1n) is 7.00. The predicted molar refractivity (Wildman–Crippen MR) is 78.3 cm³/mol. The number of hydrogen-bond acceptors (Lipinski definition) is 4. The number of carbonyl (C=O) groups excluding carboxylic acids is 1. The summed E-state index contributed by atoms with van der Waals surface area (Å²) in [5.41, 5.74) is 0. The van der Waals surface area contributed by atoms with Crippen molar-refractivity contribution in [3.05, 3.63) is 24.3 Å². The lowest BCUT2D eigenvalue weighted by Gasteiger charge is -2.22. The summed E-state index contributed by atoms with van der Waals surface area (Å²) in [5, 5.41) is 7.95. The molecule has 0 heterocycles. The zero-order chi connectivity index (χ0) is 15.3. The molecule has 1 saturated carbocycles. The van der Waals surface area contributed by atoms with E-state index in [2.05, 4.69) is 5.32 Å². The molecule has 6 nitrogen and oxygen atoms in total. The Balaban J connectivity index is 1.81. The molecule has 1 aliphatic rings. The summed E-state index contributed by atoms with van der Waals surface area (Å²) >= 11 is 0. The summed E-state index contributed by atoms with van der Waals surface area (Å²) in [5.74, 6) is 0.276. The molecule has 0 bridgehead atoms. The quantitative estimate of drug-likeness (QED) is 0.852. The van der Waals surface area contributed by atoms with Gasteiger partial charge in [-0.05, 0) is 37.1 Å². The van der Waals surface area contributed by atoms with Crippen LogP contribution >= 0.6 is 0 Å². The Morgan fingerprint density at radius 3 is 2.38 bits per heavy atom. The van der Waals surface area contributed by atoms with E-state index in [0.29, 0.717) is 5.75 Å². The number of nitrogens with one attached hydrogen (secondary N) is 1. The molecule has 0 atom stereocenters. The lowest BCUT2D eigenvalue weighted by atomic mass is 9.95. The van der Waals surface area contributed by atoms with Crippen molar-refractivity contribution in [1.29, 1.82) is 0 Å². The van der Waals surface area contributed by atoms with Crippen molar-refractivity contribution in [2.45, 2.75) is 43.0 Å². The van der Waals surface area contributed by atoms with E-state index in [4.69, 9.17) is 9.88 Å². The monoisotopic (exact) mass is 312 g/mol. The van der Waals surface area contributed by atoms with Crippen LogP contribution in [0.2, 0.25) is 0 Å². The summed E-state index contributed by atoms with van der Waals surface area (Å²) in [6.07, 6.45) is 5.59. The second-order valence-electron chi connectivity index (χ2n) is 5.21. The highest BCUT2D eigenvalue weighted by molar-refractivity contribution is 7.89. The minimum atomic E-state index is -3.70. The van der Waals surface area contributed by atoms with Crippen molar-refractivity contribution >= 4 is 15.9 Å². The second kappa shape index (κ2) is 6.91. The van der Waals surface area contributed by atoms with Crippen LogP contribution in [0.1, 0.15) is 32.1 Å². The zero-order valence-electron chi connectivity index (χ0n) is 11.7. The normalized spacial score (nSPS) is 16.4. The molecular weight excluding hydrogens is 292 g/mol. The van der Waals surface area contributed by atoms with E-state index >= 15 is 0 Å². The van der Waals surface area contributed by atoms with Crippen LogP contribution < -0.4 is 15.2 Å². The van der Waals surface area contributed by atoms with Gasteiger partial charge in [-0.2, -0.15) is 0 Å². The van der Waals surface area contributed by atoms with E-state index in [9.17, 15) is 13.2 Å². The molecule has 21 heavy (non-hydrogen) atoms. The van der Waals surface area contributed by atoms with Gasteiger partial charge in [-0.15, -0.1) is 0 Å². The van der Waals surface area contributed by atoms with E-state index in [0.717, 1.165) is 25.7 Å². The van der Waals surface area contributed by atoms with Gasteiger partial charge in [0.05, 0.1) is 4.90 Å². The maximum atomic E-state index is 11.8. The third-order valence-electron chi connectivity index (χ3n) is 3.49. The lowest BCUT2D eigenvalue weighted by molar-refractivity contribution is -0.124. The molecule has 0 aromatic heterocycles. The lowest BCUT2D eigenvalue weighted by Crippen LogP contribution is -2.38. The van der Waals surface area contributed by atoms with Crippen molar-refractivity contribution in [1.82, 2.24) is 5.32 Å². The number of carbonyl (C=O) groups is 1. The minimum absolute atomic E-state index is 0.0153. The predicted octanol–water partition coefficient (Wildman–Crippen LogP) is 1.16. The van der Waals surface area contributed by atoms with Crippen LogP contribution in [0, 0.1) is 0 Å². The summed E-state index contributed by atoms with van der Waals surface area (Å²) < 4.78 is 27.5. The van der Waals surface area contributed by atoms with Crippen LogP contribution in [-0.4, -0.2) is 27.0 Å². The Morgan fingerprint density at radius 1 is 1.19 bits per heavy atom. The molecule has 2 rings (SSSR count). The van der Waals surface area contributed by atoms with Crippen LogP contribution in [0.15, 0.2) is 29.2 Å². The average Bonchev–Trinajstić information content (AvgIpc) is 2.46. The van der Waals surface area contributed by atoms with Crippen molar-refractivity contribution in [3.8, 4) is 5.75 Å². The Morgan fingerprint density at radius 2 is 1.81 bits per heavy atom. The minimum Gasteiger partial charge on any atom is -0.484 e. The second-order valence-corrected chi connectivity index (χ2v) is 6.77. The summed E-state index contributed by atoms with van der Waals surface area (Å²) in [7, 11) is -3.70. The highest BCUT2D eigenvalue weighted by Crippen LogP contribution is 2.17. The van der Waals surface area contributed by atoms with Gasteiger partial charge in [-0.1, -0.05) is 19.3 Å². The maximum Gasteiger partial charge on any atom is 0.258 e. The molecule has 0 unspecified atom stereocenters. The standard InChI is InChI=1S/C14H20N2O4S/c15-21(18,19)13-8-6-12(7-9-13)20-10-14(17)16-11-4-2-1-3-5-11/h6-9,11H,1-5,10H2,(H,16,17)(H2,15,18,19). The molecule has 1 aliphatic carbocycles. The van der Waals surface area contributed by atoms with Gasteiger partial charge in [0.1, 0.15) is 5.75 Å². The van der Waals surface area contributed by atoms with E-state index in [-0.39, 0.29) is 23.5 Å². The van der Waals surface area contributed by atoms with Gasteiger partial charge in [0, 0.05) is 6.04 Å². The first kappa shape index (κ1) is 15.8. The third-order valence-corrected chi connectivity index (χ3v) is 4.42. The zero-order valence-corrected chi connectivity index (χ0v) is 12.6. The van der Waals surface area contributed by atoms with Gasteiger partial charge in [0.2, 0.25) is 10.0 Å². The molecule has 0 radical (unpaired) electrons. The summed E-state index contributed by atoms with van der Waals surface area (Å²) in [4.78, 5) is 11.8. The molecule has 1 aromatic carbocycles. The number of sulfonamides is 1. The summed E-state index contributed by atoms with van der Waals surface area (Å²) in [6.45, 7) is -0.0782. The SMILES string of the molecule is NS(=O)(=O)c1ccc(OCC(=O)NC2CCCCC2)cc1. The fourth-order valence-corrected chi connectivity index (χ4v) is 2.91. The highest BCUT2D eigenvalue weighted by Gasteiger charge is 2.15. The van der Waals surface area contributed by atoms with E-state index in [1.807, 2.05) is 0 Å². The van der Waals surface area contributed by atoms with Crippen LogP contribution in [0.25, 0.3) is 0 Å². The highest BCUT2D eigenvalue weighted by atomic mass is 32.2. The largest absolute Gasteiger partial charge is 0.484 e. The van der Waals surface area contributed by atoms with Crippen molar-refractivity contribution in [2.24, 2.45) is 5.14 Å². The molecule has 7 heteroatoms. The van der Waals surface area contributed by atoms with Crippen molar-refractivity contribution in [3.63, 3.8) is 0 Å². The topological polar surface area (TPSA) is 98.5 Å². The van der Waals surface area contributed by atoms with E-state index in [1.165, 1.54) is 30.7 Å². The average molecular weight is 312 g/mol. The molecule has 1 fully saturated rings. The smallest absolute Gasteiger partial charge is 0.258 e. The number of ether oxygens (including phenoxy) is 1. The van der Waals surface area contributed by atoms with Gasteiger partial charge in [-0.25, -0.2) is 13.6 Å². The Bertz CT molecular complexity index is 577. The third kappa shape index (κ3) is 5.02. The van der Waals surface area contributed by atoms with Gasteiger partial charge in [0.15, 0.2) is 6.61 Å². The molecule has 0 aliphatic heterocycles. The Labute approximate surface area is 124 Å². The Kier molecular flexibility index (Phi) is 5.19. The maximum absolute atomic E-state index is 11.8. The van der Waals surface area contributed by atoms with Gasteiger partial charge in [0.25, 0.3) is 5.91 Å². The van der Waals surface area contributed by atoms with Crippen LogP contribution in [0.4, 0.5) is 0 Å². The fraction of sp³-hybridized carbons (Fsp3) is 0.500. The van der Waals surface area contributed by atoms with Crippen molar-refractivity contribution < 1.29 is 17.9 Å². The van der Waals surface area contributed by atoms with E-state index in [1.54, 1.807) is 0 Å². The van der Waals surface area contributed by atoms with Gasteiger partial charge < -0.3 is 10.1 Å². The molecule has 0 saturated heterocycles. The molecular formula is C14H20N2O4S. The number of primary sulfonamides is 1. The van der Waals surface area contributed by atoms with Crippen LogP contribution in [0.5, 0.6) is 5.75 Å². The summed E-state index contributed by atoms with van der Waals surface area (Å²) in [6, 6.07) is 5.91. The number of hydrogen-bond donors (Lipinski definition) is 2. The fourth-order valence-electron chi connectivity index (χ4n) is 2.39. The number of rotatable bonds is 5. The first-order chi connectivity index (χ1) is 9.95. The number of amides is 1. The van der Waals surface area contributed by atoms with Crippen LogP contribution in [-0.2, 0) is 14.8 Å². The number of benzene rings is 1. The molecule has 1 amide bonds. The Hall–Kier alpha value is -1.60. The molecule has 116 valence electrons. The molecule has 0 spiro atoms. The van der Waals surface area contributed by atoms with E-state index < -0.39 is 10.0 Å². The number of nitrogens with two attached hydrogens (primary N) is 1. The van der Waals surface area contributed by atoms with Crippen molar-refractivity contribution in [2.75, 3.05) is 6.61 Å². The first-order valence-corrected chi connectivity index (χ1v) is 8.55. The molecule has 1 aromatic rings. The molecule has 3 N–H and O–H groups in total.